The molecule has 0 aliphatic heterocycles. The Morgan fingerprint density at radius 2 is 2.25 bits per heavy atom. The van der Waals surface area contributed by atoms with Crippen molar-refractivity contribution >= 4 is 15.9 Å². The monoisotopic (exact) mass is 338 g/mol. The molecule has 0 bridgehead atoms. The molecular weight excluding hydrogens is 320 g/mol. The van der Waals surface area contributed by atoms with Crippen molar-refractivity contribution in [2.45, 2.75) is 26.4 Å². The summed E-state index contributed by atoms with van der Waals surface area (Å²) in [7, 11) is 1.66. The van der Waals surface area contributed by atoms with Gasteiger partial charge in [0.2, 0.25) is 0 Å². The Hall–Kier alpha value is -1.40. The zero-order chi connectivity index (χ0) is 14.4. The summed E-state index contributed by atoms with van der Waals surface area (Å²) in [6, 6.07) is 6.01. The van der Waals surface area contributed by atoms with Crippen LogP contribution in [0.5, 0.6) is 5.75 Å². The van der Waals surface area contributed by atoms with Gasteiger partial charge in [0.25, 0.3) is 0 Å². The van der Waals surface area contributed by atoms with E-state index in [1.54, 1.807) is 13.4 Å². The Morgan fingerprint density at radius 3 is 2.95 bits per heavy atom. The van der Waals surface area contributed by atoms with Crippen LogP contribution in [0, 0.1) is 0 Å². The molecule has 108 valence electrons. The fourth-order valence-electron chi connectivity index (χ4n) is 1.86. The highest BCUT2D eigenvalue weighted by atomic mass is 79.9. The van der Waals surface area contributed by atoms with Gasteiger partial charge in [-0.3, -0.25) is 0 Å². The number of hydrogen-bond donors (Lipinski definition) is 1. The predicted molar refractivity (Wildman–Crippen MR) is 81.8 cm³/mol. The molecule has 1 aromatic carbocycles. The summed E-state index contributed by atoms with van der Waals surface area (Å²) in [4.78, 5) is 4.29. The molecule has 2 rings (SSSR count). The lowest BCUT2D eigenvalue weighted by molar-refractivity contribution is 0.412. The Kier molecular flexibility index (Phi) is 5.55. The van der Waals surface area contributed by atoms with Crippen LogP contribution in [0.3, 0.4) is 0 Å². The van der Waals surface area contributed by atoms with Crippen LogP contribution < -0.4 is 10.1 Å². The van der Waals surface area contributed by atoms with Gasteiger partial charge in [0.1, 0.15) is 12.1 Å². The van der Waals surface area contributed by atoms with Crippen LogP contribution in [0.2, 0.25) is 0 Å². The number of nitrogens with zero attached hydrogens (tertiary/aromatic N) is 3. The average Bonchev–Trinajstić information content (AvgIpc) is 2.87. The van der Waals surface area contributed by atoms with E-state index in [1.807, 2.05) is 22.9 Å². The maximum Gasteiger partial charge on any atom is 0.164 e. The molecule has 0 saturated heterocycles. The lowest BCUT2D eigenvalue weighted by Crippen LogP contribution is -2.15. The number of aromatic nitrogens is 3. The lowest BCUT2D eigenvalue weighted by atomic mass is 10.2. The number of halogens is 1. The molecule has 0 spiro atoms. The first-order valence-electron chi connectivity index (χ1n) is 6.64. The van der Waals surface area contributed by atoms with E-state index < -0.39 is 0 Å². The van der Waals surface area contributed by atoms with Gasteiger partial charge in [0.05, 0.1) is 24.7 Å². The number of methoxy groups -OCH3 is 1. The van der Waals surface area contributed by atoms with E-state index in [2.05, 4.69) is 38.3 Å². The van der Waals surface area contributed by atoms with Gasteiger partial charge in [0.15, 0.2) is 5.82 Å². The largest absolute Gasteiger partial charge is 0.496 e. The van der Waals surface area contributed by atoms with E-state index in [-0.39, 0.29) is 0 Å². The van der Waals surface area contributed by atoms with Gasteiger partial charge in [-0.25, -0.2) is 9.67 Å². The maximum absolute atomic E-state index is 5.22. The van der Waals surface area contributed by atoms with Gasteiger partial charge in [-0.1, -0.05) is 13.0 Å². The van der Waals surface area contributed by atoms with E-state index in [0.29, 0.717) is 13.1 Å². The fourth-order valence-corrected chi connectivity index (χ4v) is 2.45. The summed E-state index contributed by atoms with van der Waals surface area (Å²) in [5, 5.41) is 7.74. The lowest BCUT2D eigenvalue weighted by Gasteiger charge is -2.06. The van der Waals surface area contributed by atoms with Gasteiger partial charge < -0.3 is 10.1 Å². The minimum absolute atomic E-state index is 0.698. The number of nitrogens with one attached hydrogen (secondary N) is 1. The van der Waals surface area contributed by atoms with E-state index >= 15 is 0 Å². The second kappa shape index (κ2) is 7.40. The third-order valence-electron chi connectivity index (χ3n) is 2.85. The van der Waals surface area contributed by atoms with Crippen LogP contribution in [-0.4, -0.2) is 28.4 Å². The summed E-state index contributed by atoms with van der Waals surface area (Å²) in [5.41, 5.74) is 1.15. The van der Waals surface area contributed by atoms with E-state index in [1.165, 1.54) is 0 Å². The molecular formula is C14H19BrN4O. The second-order valence-electron chi connectivity index (χ2n) is 4.50. The molecule has 0 saturated carbocycles. The topological polar surface area (TPSA) is 52.0 Å². The molecule has 0 aliphatic rings. The van der Waals surface area contributed by atoms with Crippen molar-refractivity contribution in [1.29, 1.82) is 0 Å². The first kappa shape index (κ1) is 15.0. The standard InChI is InChI=1S/C14H19BrN4O/c1-3-6-16-8-14-17-10-19(18-14)9-11-4-5-13(20-2)12(15)7-11/h4-5,7,10,16H,3,6,8-9H2,1-2H3. The van der Waals surface area contributed by atoms with Crippen LogP contribution >= 0.6 is 15.9 Å². The van der Waals surface area contributed by atoms with Gasteiger partial charge in [-0.2, -0.15) is 5.10 Å². The second-order valence-corrected chi connectivity index (χ2v) is 5.36. The molecule has 0 atom stereocenters. The van der Waals surface area contributed by atoms with Crippen LogP contribution in [0.1, 0.15) is 24.7 Å². The first-order chi connectivity index (χ1) is 9.72. The molecule has 5 nitrogen and oxygen atoms in total. The normalized spacial score (nSPS) is 10.8. The van der Waals surface area contributed by atoms with Crippen LogP contribution in [-0.2, 0) is 13.1 Å². The van der Waals surface area contributed by atoms with Gasteiger partial charge >= 0.3 is 0 Å². The summed E-state index contributed by atoms with van der Waals surface area (Å²) in [6.45, 7) is 4.54. The van der Waals surface area contributed by atoms with E-state index in [4.69, 9.17) is 4.74 Å². The molecule has 0 unspecified atom stereocenters. The van der Waals surface area contributed by atoms with Crippen molar-refractivity contribution in [3.63, 3.8) is 0 Å². The first-order valence-corrected chi connectivity index (χ1v) is 7.43. The maximum atomic E-state index is 5.22. The third kappa shape index (κ3) is 4.05. The SMILES string of the molecule is CCCNCc1ncn(Cc2ccc(OC)c(Br)c2)n1. The van der Waals surface area contributed by atoms with E-state index in [0.717, 1.165) is 34.6 Å². The summed E-state index contributed by atoms with van der Waals surface area (Å²) in [6.07, 6.45) is 2.88. The average molecular weight is 339 g/mol. The minimum Gasteiger partial charge on any atom is -0.496 e. The smallest absolute Gasteiger partial charge is 0.164 e. The minimum atomic E-state index is 0.698. The van der Waals surface area contributed by atoms with Crippen molar-refractivity contribution in [3.8, 4) is 5.75 Å². The van der Waals surface area contributed by atoms with Crippen molar-refractivity contribution in [1.82, 2.24) is 20.1 Å². The summed E-state index contributed by atoms with van der Waals surface area (Å²) in [5.74, 6) is 1.66. The van der Waals surface area contributed by atoms with Crippen molar-refractivity contribution in [2.24, 2.45) is 0 Å². The molecule has 1 aromatic heterocycles. The van der Waals surface area contributed by atoms with Crippen molar-refractivity contribution in [2.75, 3.05) is 13.7 Å². The number of rotatable bonds is 7. The molecule has 0 radical (unpaired) electrons. The van der Waals surface area contributed by atoms with Crippen LogP contribution in [0.4, 0.5) is 0 Å². The Morgan fingerprint density at radius 1 is 1.40 bits per heavy atom. The predicted octanol–water partition coefficient (Wildman–Crippen LogP) is 2.60. The van der Waals surface area contributed by atoms with Gasteiger partial charge in [-0.05, 0) is 46.6 Å². The van der Waals surface area contributed by atoms with Gasteiger partial charge in [-0.15, -0.1) is 0 Å². The summed E-state index contributed by atoms with van der Waals surface area (Å²) >= 11 is 3.49. The van der Waals surface area contributed by atoms with Crippen molar-refractivity contribution in [3.05, 3.63) is 40.4 Å². The number of benzene rings is 1. The molecule has 1 heterocycles. The molecule has 20 heavy (non-hydrogen) atoms. The zero-order valence-corrected chi connectivity index (χ0v) is 13.4. The summed E-state index contributed by atoms with van der Waals surface area (Å²) < 4.78 is 8.01. The fraction of sp³-hybridized carbons (Fsp3) is 0.429. The molecule has 1 N–H and O–H groups in total. The molecule has 6 heteroatoms. The quantitative estimate of drug-likeness (QED) is 0.788. The Labute approximate surface area is 127 Å². The number of ether oxygens (including phenoxy) is 1. The highest BCUT2D eigenvalue weighted by Crippen LogP contribution is 2.25. The molecule has 0 aliphatic carbocycles. The zero-order valence-electron chi connectivity index (χ0n) is 11.8. The third-order valence-corrected chi connectivity index (χ3v) is 3.47. The highest BCUT2D eigenvalue weighted by molar-refractivity contribution is 9.10. The highest BCUT2D eigenvalue weighted by Gasteiger charge is 2.04. The number of hydrogen-bond acceptors (Lipinski definition) is 4. The molecule has 0 fully saturated rings. The molecule has 0 amide bonds. The van der Waals surface area contributed by atoms with Gasteiger partial charge in [0, 0.05) is 0 Å². The molecule has 2 aromatic rings. The van der Waals surface area contributed by atoms with Crippen molar-refractivity contribution < 1.29 is 4.74 Å². The Balaban J connectivity index is 1.97. The van der Waals surface area contributed by atoms with Crippen LogP contribution in [0.25, 0.3) is 0 Å². The van der Waals surface area contributed by atoms with Crippen LogP contribution in [0.15, 0.2) is 29.0 Å². The van der Waals surface area contributed by atoms with E-state index in [9.17, 15) is 0 Å². The Bertz CT molecular complexity index is 556.